The zero-order valence-electron chi connectivity index (χ0n) is 16.2. The molecule has 0 N–H and O–H groups in total. The smallest absolute Gasteiger partial charge is 0.0167 e. The van der Waals surface area contributed by atoms with Gasteiger partial charge in [0.1, 0.15) is 0 Å². The topological polar surface area (TPSA) is 0 Å². The highest BCUT2D eigenvalue weighted by Gasteiger charge is 2.15. The van der Waals surface area contributed by atoms with Crippen molar-refractivity contribution >= 4 is 95.6 Å². The maximum Gasteiger partial charge on any atom is 0.0167 e. The van der Waals surface area contributed by atoms with Gasteiger partial charge in [-0.05, 0) is 51.4 Å². The molecule has 6 atom stereocenters. The molecule has 0 aliphatic carbocycles. The van der Waals surface area contributed by atoms with E-state index in [0.29, 0.717) is 29.0 Å². The molecule has 0 aromatic heterocycles. The largest absolute Gasteiger partial charge is 0.0894 e. The van der Waals surface area contributed by atoms with Crippen molar-refractivity contribution in [1.82, 2.24) is 0 Å². The number of hydrogen-bond acceptors (Lipinski definition) is 0. The summed E-state index contributed by atoms with van der Waals surface area (Å²) in [5.41, 5.74) is 0. The van der Waals surface area contributed by atoms with Crippen LogP contribution in [-0.4, -0.2) is 29.0 Å². The monoisotopic (exact) mass is 750 g/mol. The molecular weight excluding hydrogens is 720 g/mol. The van der Waals surface area contributed by atoms with Crippen LogP contribution in [0.3, 0.4) is 0 Å². The average molecular weight is 756 g/mol. The Morgan fingerprint density at radius 3 is 1.38 bits per heavy atom. The minimum atomic E-state index is 0.617. The number of unbranched alkanes of at least 4 members (excludes halogenated alkanes) is 2. The van der Waals surface area contributed by atoms with E-state index in [9.17, 15) is 0 Å². The zero-order valence-corrected chi connectivity index (χ0v) is 25.7. The van der Waals surface area contributed by atoms with Gasteiger partial charge in [-0.25, -0.2) is 0 Å². The Labute approximate surface area is 213 Å². The van der Waals surface area contributed by atoms with E-state index >= 15 is 0 Å². The molecule has 0 radical (unpaired) electrons. The summed E-state index contributed by atoms with van der Waals surface area (Å²) in [7, 11) is 0. The predicted molar refractivity (Wildman–Crippen MR) is 143 cm³/mol. The van der Waals surface area contributed by atoms with Crippen LogP contribution in [0.15, 0.2) is 0 Å². The van der Waals surface area contributed by atoms with Crippen LogP contribution < -0.4 is 0 Å². The van der Waals surface area contributed by atoms with Crippen LogP contribution in [0.1, 0.15) is 90.9 Å². The van der Waals surface area contributed by atoms with Gasteiger partial charge >= 0.3 is 0 Å². The molecule has 0 aliphatic rings. The second kappa shape index (κ2) is 18.6. The number of halogens is 6. The molecule has 0 saturated carbocycles. The van der Waals surface area contributed by atoms with Gasteiger partial charge in [-0.3, -0.25) is 0 Å². The van der Waals surface area contributed by atoms with E-state index in [1.165, 1.54) is 77.0 Å². The summed E-state index contributed by atoms with van der Waals surface area (Å²) in [4.78, 5) is 3.86. The number of hydrogen-bond donors (Lipinski definition) is 0. The van der Waals surface area contributed by atoms with E-state index in [2.05, 4.69) is 109 Å². The van der Waals surface area contributed by atoms with Crippen LogP contribution in [0, 0.1) is 0 Å². The molecule has 158 valence electrons. The minimum absolute atomic E-state index is 0.617. The van der Waals surface area contributed by atoms with Gasteiger partial charge < -0.3 is 0 Å². The van der Waals surface area contributed by atoms with Gasteiger partial charge in [-0.15, -0.1) is 0 Å². The first-order chi connectivity index (χ1) is 12.2. The minimum Gasteiger partial charge on any atom is -0.0894 e. The van der Waals surface area contributed by atoms with E-state index < -0.39 is 0 Å². The third-order valence-electron chi connectivity index (χ3n) is 4.63. The first kappa shape index (κ1) is 28.9. The fraction of sp³-hybridized carbons (Fsp3) is 1.00. The van der Waals surface area contributed by atoms with Gasteiger partial charge in [0.2, 0.25) is 0 Å². The van der Waals surface area contributed by atoms with Gasteiger partial charge in [-0.2, -0.15) is 0 Å². The summed E-state index contributed by atoms with van der Waals surface area (Å²) in [5.74, 6) is 0. The lowest BCUT2D eigenvalue weighted by Crippen LogP contribution is -2.12. The fourth-order valence-corrected chi connectivity index (χ4v) is 8.49. The standard InChI is InChI=1S/C20H36Br6/c1-3-16(22)12-20(26)14-18(24)10-6-4-5-9-17(23)13-19(25)11-7-8-15(2)21/h15-20H,3-14H2,1-2H3. The first-order valence-corrected chi connectivity index (χ1v) is 15.6. The van der Waals surface area contributed by atoms with E-state index in [1.54, 1.807) is 0 Å². The van der Waals surface area contributed by atoms with Crippen LogP contribution >= 0.6 is 95.6 Å². The van der Waals surface area contributed by atoms with Crippen molar-refractivity contribution in [3.05, 3.63) is 0 Å². The Morgan fingerprint density at radius 1 is 0.500 bits per heavy atom. The summed E-state index contributed by atoms with van der Waals surface area (Å²) < 4.78 is 0. The molecule has 0 rings (SSSR count). The molecule has 0 bridgehead atoms. The second-order valence-corrected chi connectivity index (χ2v) is 15.5. The molecule has 0 amide bonds. The van der Waals surface area contributed by atoms with Crippen molar-refractivity contribution in [3.8, 4) is 0 Å². The first-order valence-electron chi connectivity index (χ1n) is 10.1. The summed E-state index contributed by atoms with van der Waals surface area (Å²) in [5, 5.41) is 0. The van der Waals surface area contributed by atoms with Crippen molar-refractivity contribution in [3.63, 3.8) is 0 Å². The summed E-state index contributed by atoms with van der Waals surface area (Å²) in [6.45, 7) is 4.47. The van der Waals surface area contributed by atoms with E-state index in [4.69, 9.17) is 0 Å². The quantitative estimate of drug-likeness (QED) is 0.102. The Bertz CT molecular complexity index is 313. The van der Waals surface area contributed by atoms with E-state index in [0.717, 1.165) is 0 Å². The molecule has 0 heterocycles. The molecule has 26 heavy (non-hydrogen) atoms. The highest BCUT2D eigenvalue weighted by molar-refractivity contribution is 9.10. The third-order valence-corrected chi connectivity index (χ3v) is 9.35. The molecule has 0 aliphatic heterocycles. The van der Waals surface area contributed by atoms with Gasteiger partial charge in [0.05, 0.1) is 0 Å². The van der Waals surface area contributed by atoms with Crippen LogP contribution in [-0.2, 0) is 0 Å². The maximum atomic E-state index is 3.88. The molecule has 6 unspecified atom stereocenters. The molecule has 0 spiro atoms. The summed E-state index contributed by atoms with van der Waals surface area (Å²) in [6.07, 6.45) is 15.4. The Kier molecular flexibility index (Phi) is 20.7. The van der Waals surface area contributed by atoms with Gasteiger partial charge in [0.15, 0.2) is 0 Å². The van der Waals surface area contributed by atoms with Gasteiger partial charge in [0.25, 0.3) is 0 Å². The van der Waals surface area contributed by atoms with Crippen molar-refractivity contribution in [2.24, 2.45) is 0 Å². The van der Waals surface area contributed by atoms with Crippen molar-refractivity contribution in [2.45, 2.75) is 120 Å². The zero-order chi connectivity index (χ0) is 19.9. The van der Waals surface area contributed by atoms with E-state index in [1.807, 2.05) is 0 Å². The highest BCUT2D eigenvalue weighted by Crippen LogP contribution is 2.27. The van der Waals surface area contributed by atoms with Gasteiger partial charge in [-0.1, -0.05) is 135 Å². The summed E-state index contributed by atoms with van der Waals surface area (Å²) in [6, 6.07) is 0. The Hall–Kier alpha value is 2.88. The van der Waals surface area contributed by atoms with Crippen LogP contribution in [0.2, 0.25) is 0 Å². The normalized spacial score (nSPS) is 18.9. The van der Waals surface area contributed by atoms with E-state index in [-0.39, 0.29) is 0 Å². The predicted octanol–water partition coefficient (Wildman–Crippen LogP) is 10.3. The SMILES string of the molecule is CCC(Br)CC(Br)CC(Br)CCCCCC(Br)CC(Br)CCCC(C)Br. The average Bonchev–Trinajstić information content (AvgIpc) is 2.53. The molecule has 0 aromatic carbocycles. The third kappa shape index (κ3) is 18.9. The molecular formula is C20H36Br6. The lowest BCUT2D eigenvalue weighted by molar-refractivity contribution is 0.555. The van der Waals surface area contributed by atoms with Crippen molar-refractivity contribution < 1.29 is 0 Å². The molecule has 0 nitrogen and oxygen atoms in total. The Balaban J connectivity index is 3.63. The fourth-order valence-electron chi connectivity index (χ4n) is 2.98. The maximum absolute atomic E-state index is 3.88. The van der Waals surface area contributed by atoms with Gasteiger partial charge in [0, 0.05) is 29.0 Å². The second-order valence-electron chi connectivity index (χ2n) is 7.45. The van der Waals surface area contributed by atoms with Crippen LogP contribution in [0.4, 0.5) is 0 Å². The van der Waals surface area contributed by atoms with Crippen LogP contribution in [0.25, 0.3) is 0 Å². The molecule has 0 aromatic rings. The number of rotatable bonds is 17. The molecule has 0 fully saturated rings. The lowest BCUT2D eigenvalue weighted by atomic mass is 10.0. The molecule has 6 heteroatoms. The Morgan fingerprint density at radius 2 is 0.923 bits per heavy atom. The lowest BCUT2D eigenvalue weighted by Gasteiger charge is -2.17. The van der Waals surface area contributed by atoms with Crippen LogP contribution in [0.5, 0.6) is 0 Å². The van der Waals surface area contributed by atoms with Crippen molar-refractivity contribution in [2.75, 3.05) is 0 Å². The summed E-state index contributed by atoms with van der Waals surface area (Å²) >= 11 is 22.8. The number of alkyl halides is 6. The molecule has 0 saturated heterocycles. The van der Waals surface area contributed by atoms with Crippen molar-refractivity contribution in [1.29, 1.82) is 0 Å². The highest BCUT2D eigenvalue weighted by atomic mass is 79.9.